The Labute approximate surface area is 120 Å². The molecule has 7 nitrogen and oxygen atoms in total. The molecule has 0 spiro atoms. The van der Waals surface area contributed by atoms with Crippen LogP contribution in [0.3, 0.4) is 0 Å². The molecule has 0 aliphatic rings. The lowest BCUT2D eigenvalue weighted by Crippen LogP contribution is -2.05. The first-order valence-electron chi connectivity index (χ1n) is 5.75. The van der Waals surface area contributed by atoms with Gasteiger partial charge < -0.3 is 19.8 Å². The molecule has 0 aromatic carbocycles. The van der Waals surface area contributed by atoms with Crippen molar-refractivity contribution in [3.63, 3.8) is 0 Å². The van der Waals surface area contributed by atoms with Crippen LogP contribution < -0.4 is 10.6 Å². The lowest BCUT2D eigenvalue weighted by molar-refractivity contribution is 0.0563. The van der Waals surface area contributed by atoms with Crippen molar-refractivity contribution in [3.05, 3.63) is 35.1 Å². The third-order valence-electron chi connectivity index (χ3n) is 2.53. The van der Waals surface area contributed by atoms with Gasteiger partial charge in [0.25, 0.3) is 0 Å². The van der Waals surface area contributed by atoms with E-state index in [0.717, 1.165) is 0 Å². The number of ether oxygens (including phenoxy) is 1. The maximum absolute atomic E-state index is 11.3. The summed E-state index contributed by atoms with van der Waals surface area (Å²) in [4.78, 5) is 19.2. The number of anilines is 2. The summed E-state index contributed by atoms with van der Waals surface area (Å²) in [5, 5.41) is 6.28. The number of nitrogens with zero attached hydrogens (tertiary/aromatic N) is 2. The average Bonchev–Trinajstić information content (AvgIpc) is 2.93. The molecule has 2 N–H and O–H groups in total. The van der Waals surface area contributed by atoms with Crippen molar-refractivity contribution in [2.75, 3.05) is 24.8 Å². The molecular weight excluding hydrogens is 284 g/mol. The molecule has 2 aromatic heterocycles. The number of hydrogen-bond donors (Lipinski definition) is 2. The topological polar surface area (TPSA) is 89.3 Å². The van der Waals surface area contributed by atoms with Crippen LogP contribution in [0.15, 0.2) is 22.9 Å². The third-order valence-corrected chi connectivity index (χ3v) is 2.82. The van der Waals surface area contributed by atoms with E-state index in [9.17, 15) is 4.79 Å². The van der Waals surface area contributed by atoms with Crippen LogP contribution in [0.5, 0.6) is 0 Å². The fourth-order valence-corrected chi connectivity index (χ4v) is 1.80. The second-order valence-electron chi connectivity index (χ2n) is 3.75. The van der Waals surface area contributed by atoms with Gasteiger partial charge >= 0.3 is 5.97 Å². The first-order chi connectivity index (χ1) is 9.65. The zero-order valence-electron chi connectivity index (χ0n) is 10.9. The summed E-state index contributed by atoms with van der Waals surface area (Å²) in [6, 6.07) is 3.23. The van der Waals surface area contributed by atoms with Crippen molar-refractivity contribution in [1.29, 1.82) is 0 Å². The lowest BCUT2D eigenvalue weighted by Gasteiger charge is -2.09. The van der Waals surface area contributed by atoms with Crippen LogP contribution in [0.2, 0.25) is 5.15 Å². The highest BCUT2D eigenvalue weighted by atomic mass is 35.5. The summed E-state index contributed by atoms with van der Waals surface area (Å²) in [7, 11) is 3.02. The number of hydrogen-bond acceptors (Lipinski definition) is 7. The first kappa shape index (κ1) is 14.1. The fraction of sp³-hybridized carbons (Fsp3) is 0.250. The molecule has 0 aliphatic carbocycles. The summed E-state index contributed by atoms with van der Waals surface area (Å²) >= 11 is 5.94. The van der Waals surface area contributed by atoms with E-state index in [2.05, 4.69) is 25.3 Å². The van der Waals surface area contributed by atoms with Crippen molar-refractivity contribution in [1.82, 2.24) is 9.97 Å². The molecule has 0 bridgehead atoms. The molecule has 106 valence electrons. The van der Waals surface area contributed by atoms with Crippen LogP contribution in [0.4, 0.5) is 11.5 Å². The van der Waals surface area contributed by atoms with E-state index in [0.29, 0.717) is 29.0 Å². The minimum absolute atomic E-state index is 0.152. The van der Waals surface area contributed by atoms with Gasteiger partial charge in [-0.2, -0.15) is 0 Å². The van der Waals surface area contributed by atoms with Gasteiger partial charge in [0.2, 0.25) is 5.76 Å². The normalized spacial score (nSPS) is 10.2. The van der Waals surface area contributed by atoms with Crippen molar-refractivity contribution in [2.45, 2.75) is 6.54 Å². The third kappa shape index (κ3) is 3.00. The number of carbonyl (C=O) groups excluding carboxylic acids is 1. The van der Waals surface area contributed by atoms with Crippen LogP contribution >= 0.6 is 11.6 Å². The molecule has 0 saturated heterocycles. The van der Waals surface area contributed by atoms with Crippen LogP contribution in [0.1, 0.15) is 16.3 Å². The smallest absolute Gasteiger partial charge is 0.373 e. The van der Waals surface area contributed by atoms with E-state index >= 15 is 0 Å². The number of rotatable bonds is 5. The van der Waals surface area contributed by atoms with Crippen LogP contribution in [0.25, 0.3) is 0 Å². The molecule has 0 aliphatic heterocycles. The highest BCUT2D eigenvalue weighted by molar-refractivity contribution is 6.32. The highest BCUT2D eigenvalue weighted by Gasteiger charge is 2.12. The molecule has 0 saturated carbocycles. The molecular formula is C12H13ClN4O3. The number of furan rings is 1. The molecule has 0 radical (unpaired) electrons. The van der Waals surface area contributed by atoms with Gasteiger partial charge in [-0.25, -0.2) is 14.8 Å². The van der Waals surface area contributed by atoms with Crippen LogP contribution in [-0.2, 0) is 11.3 Å². The Kier molecular flexibility index (Phi) is 4.41. The Balaban J connectivity index is 2.07. The Morgan fingerprint density at radius 1 is 1.45 bits per heavy atom. The average molecular weight is 297 g/mol. The number of aromatic nitrogens is 2. The van der Waals surface area contributed by atoms with Gasteiger partial charge in [0.05, 0.1) is 13.7 Å². The van der Waals surface area contributed by atoms with Crippen LogP contribution in [0, 0.1) is 0 Å². The molecule has 2 heterocycles. The Bertz CT molecular complexity index is 614. The maximum Gasteiger partial charge on any atom is 0.373 e. The standard InChI is InChI=1S/C12H13ClN4O3/c1-14-9-10(13)16-6-17-11(9)15-5-7-3-4-8(20-7)12(18)19-2/h3-4,6,14H,5H2,1-2H3,(H,15,16,17). The predicted octanol–water partition coefficient (Wildman–Crippen LogP) is 2.16. The number of methoxy groups -OCH3 is 1. The number of esters is 1. The Hall–Kier alpha value is -2.28. The summed E-state index contributed by atoms with van der Waals surface area (Å²) < 4.78 is 9.89. The van der Waals surface area contributed by atoms with E-state index in [1.54, 1.807) is 19.2 Å². The molecule has 0 fully saturated rings. The van der Waals surface area contributed by atoms with E-state index in [-0.39, 0.29) is 5.76 Å². The summed E-state index contributed by atoms with van der Waals surface area (Å²) in [6.45, 7) is 0.346. The monoisotopic (exact) mass is 296 g/mol. The van der Waals surface area contributed by atoms with Gasteiger partial charge in [-0.15, -0.1) is 0 Å². The van der Waals surface area contributed by atoms with Gasteiger partial charge in [0, 0.05) is 7.05 Å². The molecule has 0 amide bonds. The minimum Gasteiger partial charge on any atom is -0.463 e. The van der Waals surface area contributed by atoms with Gasteiger partial charge in [0.15, 0.2) is 11.0 Å². The quantitative estimate of drug-likeness (QED) is 0.645. The molecule has 8 heteroatoms. The van der Waals surface area contributed by atoms with E-state index in [1.165, 1.54) is 13.4 Å². The number of carbonyl (C=O) groups is 1. The van der Waals surface area contributed by atoms with Gasteiger partial charge in [0.1, 0.15) is 17.8 Å². The largest absolute Gasteiger partial charge is 0.463 e. The van der Waals surface area contributed by atoms with E-state index in [4.69, 9.17) is 16.0 Å². The first-order valence-corrected chi connectivity index (χ1v) is 6.12. The molecule has 2 aromatic rings. The van der Waals surface area contributed by atoms with Gasteiger partial charge in [-0.3, -0.25) is 0 Å². The Morgan fingerprint density at radius 2 is 2.25 bits per heavy atom. The van der Waals surface area contributed by atoms with E-state index in [1.807, 2.05) is 0 Å². The van der Waals surface area contributed by atoms with Crippen molar-refractivity contribution < 1.29 is 13.9 Å². The zero-order valence-corrected chi connectivity index (χ0v) is 11.7. The van der Waals surface area contributed by atoms with Crippen molar-refractivity contribution in [2.24, 2.45) is 0 Å². The lowest BCUT2D eigenvalue weighted by atomic mass is 10.4. The van der Waals surface area contributed by atoms with Crippen LogP contribution in [-0.4, -0.2) is 30.1 Å². The minimum atomic E-state index is -0.516. The zero-order chi connectivity index (χ0) is 14.5. The van der Waals surface area contributed by atoms with Gasteiger partial charge in [-0.1, -0.05) is 11.6 Å². The predicted molar refractivity (Wildman–Crippen MR) is 74.0 cm³/mol. The summed E-state index contributed by atoms with van der Waals surface area (Å²) in [5.74, 6) is 0.752. The molecule has 20 heavy (non-hydrogen) atoms. The fourth-order valence-electron chi connectivity index (χ4n) is 1.57. The van der Waals surface area contributed by atoms with Crippen molar-refractivity contribution in [3.8, 4) is 0 Å². The summed E-state index contributed by atoms with van der Waals surface area (Å²) in [5.41, 5.74) is 0.592. The molecule has 0 atom stereocenters. The van der Waals surface area contributed by atoms with Gasteiger partial charge in [-0.05, 0) is 12.1 Å². The molecule has 2 rings (SSSR count). The Morgan fingerprint density at radius 3 is 2.95 bits per heavy atom. The maximum atomic E-state index is 11.3. The highest BCUT2D eigenvalue weighted by Crippen LogP contribution is 2.25. The van der Waals surface area contributed by atoms with E-state index < -0.39 is 5.97 Å². The second-order valence-corrected chi connectivity index (χ2v) is 4.11. The number of nitrogens with one attached hydrogen (secondary N) is 2. The number of halogens is 1. The second kappa shape index (κ2) is 6.25. The molecule has 0 unspecified atom stereocenters. The van der Waals surface area contributed by atoms with Crippen molar-refractivity contribution >= 4 is 29.1 Å². The SMILES string of the molecule is CNc1c(Cl)ncnc1NCc1ccc(C(=O)OC)o1. The summed E-state index contributed by atoms with van der Waals surface area (Å²) in [6.07, 6.45) is 1.35.